The normalized spacial score (nSPS) is 31.1. The van der Waals surface area contributed by atoms with Crippen molar-refractivity contribution >= 4 is 18.1 Å². The van der Waals surface area contributed by atoms with Gasteiger partial charge in [-0.15, -0.1) is 9.32 Å². The Morgan fingerprint density at radius 3 is 1.25 bits per heavy atom. The van der Waals surface area contributed by atoms with Crippen LogP contribution in [0.2, 0.25) is 0 Å². The van der Waals surface area contributed by atoms with Gasteiger partial charge in [-0.1, -0.05) is 170 Å². The van der Waals surface area contributed by atoms with E-state index in [0.717, 1.165) is 200 Å². The predicted octanol–water partition coefficient (Wildman–Crippen LogP) is 25.1. The summed E-state index contributed by atoms with van der Waals surface area (Å²) in [6.45, 7) is 19.4. The summed E-state index contributed by atoms with van der Waals surface area (Å²) >= 11 is 0.724. The number of aromatic hydroxyl groups is 1. The summed E-state index contributed by atoms with van der Waals surface area (Å²) in [7, 11) is 0. The van der Waals surface area contributed by atoms with Crippen molar-refractivity contribution in [1.29, 1.82) is 0 Å². The van der Waals surface area contributed by atoms with Crippen LogP contribution in [0.3, 0.4) is 0 Å². The highest BCUT2D eigenvalue weighted by Gasteiger charge is 2.60. The van der Waals surface area contributed by atoms with Crippen molar-refractivity contribution in [2.75, 3.05) is 13.1 Å². The summed E-state index contributed by atoms with van der Waals surface area (Å²) in [5, 5.41) is 43.7. The molecule has 3 N–H and O–H groups in total. The molecule has 12 aliphatic rings. The van der Waals surface area contributed by atoms with Crippen molar-refractivity contribution < 1.29 is 47.6 Å². The van der Waals surface area contributed by atoms with E-state index < -0.39 is 0 Å². The Morgan fingerprint density at radius 1 is 0.454 bits per heavy atom. The third-order valence-electron chi connectivity index (χ3n) is 32.8. The van der Waals surface area contributed by atoms with Crippen LogP contribution in [0, 0.1) is 111 Å². The number of Topliss-reactive ketones (excluding diaryl/α,β-unsaturated/α-hetero) is 1. The van der Waals surface area contributed by atoms with Gasteiger partial charge in [0, 0.05) is 39.1 Å². The second-order valence-electron chi connectivity index (χ2n) is 37.6. The number of benzene rings is 6. The Morgan fingerprint density at radius 2 is 0.832 bits per heavy atom. The van der Waals surface area contributed by atoms with Crippen LogP contribution in [0.1, 0.15) is 315 Å². The molecule has 18 rings (SSSR count). The van der Waals surface area contributed by atoms with Crippen LogP contribution in [-0.4, -0.2) is 38.7 Å². The van der Waals surface area contributed by atoms with Gasteiger partial charge in [-0.25, -0.2) is 0 Å². The number of allylic oxidation sites excluding steroid dienone is 1. The Balaban J connectivity index is 0.000000154. The zero-order chi connectivity index (χ0) is 80.7. The van der Waals surface area contributed by atoms with E-state index in [9.17, 15) is 40.2 Å². The molecule has 12 unspecified atom stereocenters. The van der Waals surface area contributed by atoms with E-state index in [0.29, 0.717) is 95.8 Å². The van der Waals surface area contributed by atoms with Crippen molar-refractivity contribution in [2.45, 2.75) is 302 Å². The predicted molar refractivity (Wildman–Crippen MR) is 477 cm³/mol. The first-order valence-electron chi connectivity index (χ1n) is 44.1. The summed E-state index contributed by atoms with van der Waals surface area (Å²) in [6.07, 6.45) is 31.2. The Kier molecular flexibility index (Phi) is 30.1. The first kappa shape index (κ1) is 92.1. The van der Waals surface area contributed by atoms with E-state index in [2.05, 4.69) is 156 Å². The maximum Gasteiger partial charge on any atom is 0.260 e. The van der Waals surface area contributed by atoms with Gasteiger partial charge in [-0.05, 0) is 363 Å². The fourth-order valence-electron chi connectivity index (χ4n) is 26.7. The highest BCUT2D eigenvalue weighted by molar-refractivity contribution is 7.90. The average molecular weight is 1650 g/mol. The standard InChI is InChI=1S/C28H33NO3.C27H32O2.C21H30N2O5S.C21H29NO3.4CH4/c1-3-20-15-25-21(16-27(20)32-18-19-7-5-4-6-8-19)9-11-24-23(25)13-14-28(2)22(17-29(30)31)10-12-26(24)28;1-3-19-15-23-20(16-25(19)29-17-18-7-5-4-6-8-18)9-10-22-21(23)13-14-27(2)24(22)11-12-26(27)28;1-3-13-10-18-14(11-20(13)26-29-28-27-22)4-6-17-16(18)8-9-21(2)15(12-23(24)25)5-7-19(17)21;1-3-13-10-18-14(11-20(13)23)4-6-17-16(18)8-9-21(2)15(12-22(24)25)5-7-19(17)21;;;;/h4-8,15-17,23-24,26H,3,9-14,18H2,1-2H3;4-8,15-16,21-22,24H,3,9-14,17H2,1-2H3;10-11,15-17,19H,3-9,12,22H2,1-2H3;10-11,15-17,19,23H,3-9,12H2,1-2H3;4*1H4/b22-17+;;;;;;;/t23?,24?,26?,28-;21?,22?,24?,27-;2*15-,16?,17?,19?,21-;;;;/m1011..../s1. The van der Waals surface area contributed by atoms with Gasteiger partial charge in [0.15, 0.2) is 0 Å². The molecule has 6 aromatic carbocycles. The van der Waals surface area contributed by atoms with Crippen molar-refractivity contribution in [3.05, 3.63) is 229 Å². The van der Waals surface area contributed by atoms with Crippen molar-refractivity contribution in [3.8, 4) is 23.0 Å². The minimum Gasteiger partial charge on any atom is -0.508 e. The number of hydrogen-bond acceptors (Lipinski definition) is 15. The molecular formula is C101H140N4O13S. The number of aryl methyl sites for hydroxylation is 8. The Labute approximate surface area is 715 Å². The largest absolute Gasteiger partial charge is 0.508 e. The highest BCUT2D eigenvalue weighted by atomic mass is 32.2. The number of phenolic OH excluding ortho intramolecular Hbond substituents is 1. The first-order chi connectivity index (χ1) is 55.5. The molecule has 12 aliphatic carbocycles. The summed E-state index contributed by atoms with van der Waals surface area (Å²) in [6, 6.07) is 39.0. The minimum absolute atomic E-state index is 0. The number of carbonyl (C=O) groups is 1. The smallest absolute Gasteiger partial charge is 0.260 e. The van der Waals surface area contributed by atoms with E-state index in [1.807, 2.05) is 18.2 Å². The number of nitrogens with two attached hydrogens (primary N) is 1. The molecule has 0 saturated heterocycles. The number of ketones is 1. The van der Waals surface area contributed by atoms with Gasteiger partial charge in [0.25, 0.3) is 12.3 Å². The highest BCUT2D eigenvalue weighted by Crippen LogP contribution is 2.67. The molecule has 8 fully saturated rings. The minimum atomic E-state index is -0.240. The van der Waals surface area contributed by atoms with Crippen molar-refractivity contribution in [3.63, 3.8) is 0 Å². The van der Waals surface area contributed by atoms with Crippen LogP contribution < -0.4 is 19.6 Å². The molecule has 119 heavy (non-hydrogen) atoms. The van der Waals surface area contributed by atoms with Crippen molar-refractivity contribution in [1.82, 2.24) is 0 Å². The number of fused-ring (bicyclic) bond motifs is 20. The molecule has 8 saturated carbocycles. The van der Waals surface area contributed by atoms with Gasteiger partial charge in [0.2, 0.25) is 19.3 Å². The molecule has 18 atom stereocenters. The van der Waals surface area contributed by atoms with E-state index in [1.54, 1.807) is 5.56 Å². The van der Waals surface area contributed by atoms with Gasteiger partial charge in [-0.2, -0.15) is 5.90 Å². The summed E-state index contributed by atoms with van der Waals surface area (Å²) in [5.41, 5.74) is 20.2. The quantitative estimate of drug-likeness (QED) is 0.0252. The molecule has 17 nitrogen and oxygen atoms in total. The second kappa shape index (κ2) is 38.8. The van der Waals surface area contributed by atoms with Crippen LogP contribution in [0.5, 0.6) is 23.0 Å². The molecule has 0 spiro atoms. The Hall–Kier alpha value is -7.64. The molecule has 0 heterocycles. The van der Waals surface area contributed by atoms with Crippen LogP contribution in [0.4, 0.5) is 0 Å². The van der Waals surface area contributed by atoms with E-state index in [-0.39, 0.29) is 91.1 Å². The lowest BCUT2D eigenvalue weighted by molar-refractivity contribution is -0.491. The maximum absolute atomic E-state index is 12.6. The average Bonchev–Trinajstić information content (AvgIpc) is 1.68. The summed E-state index contributed by atoms with van der Waals surface area (Å²) < 4.78 is 22.8. The summed E-state index contributed by atoms with van der Waals surface area (Å²) in [5.74, 6) is 16.6. The molecule has 648 valence electrons. The SMILES string of the molecule is C.C.C.C.CCc1cc2c(cc1O)CCC1C2CC[C@@]2(C)C1CC[C@@H]2C[N+](=O)[O-].CCc1cc2c(cc1OCc1ccccc1)CCC1C2CC[C@]2(C)/C(=C/[N+](=O)[O-])CCC12.CCc1cc2c(cc1OCc1ccccc1)CCC1C2CC[C@]2(C)C(=O)CCC12.CCc1cc2c(cc1OSOON)CCC1C2CC[C@@]2(C)C1CC[C@@H]2C[N+](=O)[O-]. The molecule has 0 aliphatic heterocycles. The number of carbonyl (C=O) groups excluding carboxylic acids is 1. The number of rotatable bonds is 19. The maximum atomic E-state index is 12.6. The van der Waals surface area contributed by atoms with E-state index in [4.69, 9.17) is 19.6 Å². The zero-order valence-corrected chi connectivity index (χ0v) is 70.2. The lowest BCUT2D eigenvalue weighted by Crippen LogP contribution is -2.43. The molecule has 18 heteroatoms. The number of nitro groups is 3. The zero-order valence-electron chi connectivity index (χ0n) is 69.4. The van der Waals surface area contributed by atoms with Gasteiger partial charge in [0.1, 0.15) is 42.0 Å². The van der Waals surface area contributed by atoms with Crippen LogP contribution in [-0.2, 0) is 78.7 Å². The fourth-order valence-corrected chi connectivity index (χ4v) is 27.0. The monoisotopic (exact) mass is 1650 g/mol. The lowest BCUT2D eigenvalue weighted by Gasteiger charge is -2.50. The van der Waals surface area contributed by atoms with Crippen LogP contribution >= 0.6 is 12.3 Å². The molecule has 0 aromatic heterocycles. The van der Waals surface area contributed by atoms with Gasteiger partial charge < -0.3 is 18.8 Å². The van der Waals surface area contributed by atoms with Gasteiger partial charge in [0.05, 0.1) is 4.92 Å². The summed E-state index contributed by atoms with van der Waals surface area (Å²) in [4.78, 5) is 49.7. The molecule has 0 bridgehead atoms. The van der Waals surface area contributed by atoms with Crippen molar-refractivity contribution in [2.24, 2.45) is 86.7 Å². The number of phenols is 1. The lowest BCUT2D eigenvalue weighted by atomic mass is 9.54. The third kappa shape index (κ3) is 18.1. The van der Waals surface area contributed by atoms with Gasteiger partial charge >= 0.3 is 0 Å². The number of hydrogen-bond donors (Lipinski definition) is 2. The van der Waals surface area contributed by atoms with E-state index in [1.165, 1.54) is 93.1 Å². The fraction of sp³-hybridized carbons (Fsp3) is 0.614. The van der Waals surface area contributed by atoms with Crippen LogP contribution in [0.15, 0.2) is 121 Å². The first-order valence-corrected chi connectivity index (χ1v) is 44.8. The molecule has 6 aromatic rings. The second-order valence-corrected chi connectivity index (χ2v) is 38.1. The van der Waals surface area contributed by atoms with Crippen LogP contribution in [0.25, 0.3) is 0 Å². The molecular weight excluding hydrogens is 1510 g/mol. The molecule has 0 radical (unpaired) electrons. The topological polar surface area (TPSA) is 239 Å². The third-order valence-corrected chi connectivity index (χ3v) is 33.2. The molecule has 0 amide bonds. The number of nitrogens with zero attached hydrogens (tertiary/aromatic N) is 3. The van der Waals surface area contributed by atoms with Gasteiger partial charge in [-0.3, -0.25) is 35.1 Å². The van der Waals surface area contributed by atoms with E-state index >= 15 is 0 Å². The number of ether oxygens (including phenoxy) is 2. The Bertz CT molecular complexity index is 4570.